The highest BCUT2D eigenvalue weighted by atomic mass is 16.6. The first-order valence-electron chi connectivity index (χ1n) is 3.80. The SMILES string of the molecule is CCC1=C2OC2CCC1. The number of epoxide rings is 1. The van der Waals surface area contributed by atoms with Gasteiger partial charge in [-0.1, -0.05) is 6.92 Å². The number of allylic oxidation sites excluding steroid dienone is 1. The molecule has 50 valence electrons. The van der Waals surface area contributed by atoms with Crippen molar-refractivity contribution in [2.45, 2.75) is 38.7 Å². The molecule has 1 nitrogen and oxygen atoms in total. The largest absolute Gasteiger partial charge is 0.483 e. The van der Waals surface area contributed by atoms with Crippen LogP contribution < -0.4 is 0 Å². The van der Waals surface area contributed by atoms with Crippen LogP contribution in [0.2, 0.25) is 0 Å². The summed E-state index contributed by atoms with van der Waals surface area (Å²) in [5, 5.41) is 0. The standard InChI is InChI=1S/C8H12O/c1-2-6-4-3-5-7-8(6)9-7/h7H,2-5H2,1H3. The lowest BCUT2D eigenvalue weighted by molar-refractivity contribution is 0.414. The lowest BCUT2D eigenvalue weighted by atomic mass is 9.98. The summed E-state index contributed by atoms with van der Waals surface area (Å²) in [6.07, 6.45) is 5.68. The zero-order valence-electron chi connectivity index (χ0n) is 5.81. The van der Waals surface area contributed by atoms with Crippen LogP contribution in [0.5, 0.6) is 0 Å². The van der Waals surface area contributed by atoms with Crippen molar-refractivity contribution < 1.29 is 4.74 Å². The van der Waals surface area contributed by atoms with Crippen molar-refractivity contribution in [2.75, 3.05) is 0 Å². The van der Waals surface area contributed by atoms with Crippen molar-refractivity contribution in [1.29, 1.82) is 0 Å². The Hall–Kier alpha value is -0.460. The zero-order chi connectivity index (χ0) is 6.27. The molecular weight excluding hydrogens is 112 g/mol. The van der Waals surface area contributed by atoms with Crippen LogP contribution >= 0.6 is 0 Å². The van der Waals surface area contributed by atoms with E-state index in [4.69, 9.17) is 4.74 Å². The first kappa shape index (κ1) is 5.33. The topological polar surface area (TPSA) is 12.5 Å². The summed E-state index contributed by atoms with van der Waals surface area (Å²) >= 11 is 0. The van der Waals surface area contributed by atoms with Crippen LogP contribution in [0.4, 0.5) is 0 Å². The minimum Gasteiger partial charge on any atom is -0.483 e. The Balaban J connectivity index is 2.17. The number of hydrogen-bond donors (Lipinski definition) is 0. The molecule has 1 unspecified atom stereocenters. The van der Waals surface area contributed by atoms with Crippen molar-refractivity contribution in [2.24, 2.45) is 0 Å². The molecule has 2 aliphatic rings. The smallest absolute Gasteiger partial charge is 0.155 e. The molecule has 2 rings (SSSR count). The normalized spacial score (nSPS) is 31.4. The van der Waals surface area contributed by atoms with E-state index in [0.29, 0.717) is 6.10 Å². The van der Waals surface area contributed by atoms with E-state index in [1.807, 2.05) is 0 Å². The molecule has 0 amide bonds. The molecular formula is C8H12O. The predicted molar refractivity (Wildman–Crippen MR) is 36.0 cm³/mol. The zero-order valence-corrected chi connectivity index (χ0v) is 5.81. The van der Waals surface area contributed by atoms with E-state index in [-0.39, 0.29) is 0 Å². The Morgan fingerprint density at radius 2 is 2.56 bits per heavy atom. The van der Waals surface area contributed by atoms with Gasteiger partial charge in [-0.3, -0.25) is 0 Å². The first-order valence-corrected chi connectivity index (χ1v) is 3.80. The van der Waals surface area contributed by atoms with Gasteiger partial charge < -0.3 is 4.74 Å². The number of ether oxygens (including phenoxy) is 1. The summed E-state index contributed by atoms with van der Waals surface area (Å²) < 4.78 is 5.36. The summed E-state index contributed by atoms with van der Waals surface area (Å²) in [5.74, 6) is 1.34. The molecule has 0 radical (unpaired) electrons. The van der Waals surface area contributed by atoms with Gasteiger partial charge in [0.25, 0.3) is 0 Å². The van der Waals surface area contributed by atoms with Crippen molar-refractivity contribution in [3.05, 3.63) is 11.3 Å². The summed E-state index contributed by atoms with van der Waals surface area (Å²) in [6, 6.07) is 0. The van der Waals surface area contributed by atoms with E-state index in [1.165, 1.54) is 31.4 Å². The van der Waals surface area contributed by atoms with Gasteiger partial charge in [-0.15, -0.1) is 0 Å². The Bertz CT molecular complexity index is 158. The van der Waals surface area contributed by atoms with Gasteiger partial charge in [0.1, 0.15) is 5.76 Å². The first-order chi connectivity index (χ1) is 4.42. The second-order valence-electron chi connectivity index (χ2n) is 2.82. The molecule has 1 aliphatic carbocycles. The molecule has 0 bridgehead atoms. The van der Waals surface area contributed by atoms with Gasteiger partial charge in [0.15, 0.2) is 6.10 Å². The lowest BCUT2D eigenvalue weighted by Crippen LogP contribution is -1.94. The highest BCUT2D eigenvalue weighted by Crippen LogP contribution is 2.41. The molecule has 1 heterocycles. The van der Waals surface area contributed by atoms with E-state index >= 15 is 0 Å². The van der Waals surface area contributed by atoms with Gasteiger partial charge in [-0.2, -0.15) is 0 Å². The fraction of sp³-hybridized carbons (Fsp3) is 0.750. The van der Waals surface area contributed by atoms with Gasteiger partial charge in [0.05, 0.1) is 0 Å². The van der Waals surface area contributed by atoms with E-state index in [9.17, 15) is 0 Å². The van der Waals surface area contributed by atoms with Gasteiger partial charge >= 0.3 is 0 Å². The molecule has 0 aromatic carbocycles. The number of fused-ring (bicyclic) bond motifs is 1. The highest BCUT2D eigenvalue weighted by molar-refractivity contribution is 5.24. The molecule has 0 aromatic rings. The Morgan fingerprint density at radius 3 is 3.22 bits per heavy atom. The summed E-state index contributed by atoms with van der Waals surface area (Å²) in [7, 11) is 0. The van der Waals surface area contributed by atoms with Gasteiger partial charge in [-0.25, -0.2) is 0 Å². The molecule has 0 spiro atoms. The van der Waals surface area contributed by atoms with Crippen LogP contribution in [0.25, 0.3) is 0 Å². The summed E-state index contributed by atoms with van der Waals surface area (Å²) in [6.45, 7) is 2.21. The van der Waals surface area contributed by atoms with Crippen molar-refractivity contribution >= 4 is 0 Å². The minimum absolute atomic E-state index is 0.564. The molecule has 1 aliphatic heterocycles. The molecule has 0 N–H and O–H groups in total. The summed E-state index contributed by atoms with van der Waals surface area (Å²) in [5.41, 5.74) is 1.58. The lowest BCUT2D eigenvalue weighted by Gasteiger charge is -2.03. The van der Waals surface area contributed by atoms with Crippen LogP contribution in [0.3, 0.4) is 0 Å². The van der Waals surface area contributed by atoms with Crippen molar-refractivity contribution in [3.63, 3.8) is 0 Å². The third kappa shape index (κ3) is 0.752. The Morgan fingerprint density at radius 1 is 1.67 bits per heavy atom. The summed E-state index contributed by atoms with van der Waals surface area (Å²) in [4.78, 5) is 0. The second-order valence-corrected chi connectivity index (χ2v) is 2.82. The number of rotatable bonds is 1. The highest BCUT2D eigenvalue weighted by Gasteiger charge is 2.37. The molecule has 1 atom stereocenters. The van der Waals surface area contributed by atoms with Crippen LogP contribution in [0.15, 0.2) is 11.3 Å². The predicted octanol–water partition coefficient (Wildman–Crippen LogP) is 2.23. The maximum atomic E-state index is 5.36. The van der Waals surface area contributed by atoms with Gasteiger partial charge in [0, 0.05) is 0 Å². The van der Waals surface area contributed by atoms with Gasteiger partial charge in [0.2, 0.25) is 0 Å². The molecule has 1 fully saturated rings. The quantitative estimate of drug-likeness (QED) is 0.488. The van der Waals surface area contributed by atoms with Crippen LogP contribution in [0.1, 0.15) is 32.6 Å². The van der Waals surface area contributed by atoms with E-state index in [0.717, 1.165) is 0 Å². The fourth-order valence-electron chi connectivity index (χ4n) is 1.60. The molecule has 9 heavy (non-hydrogen) atoms. The van der Waals surface area contributed by atoms with Crippen LogP contribution in [-0.4, -0.2) is 6.10 Å². The number of hydrogen-bond acceptors (Lipinski definition) is 1. The monoisotopic (exact) mass is 124 g/mol. The van der Waals surface area contributed by atoms with Crippen molar-refractivity contribution in [1.82, 2.24) is 0 Å². The van der Waals surface area contributed by atoms with Crippen LogP contribution in [0, 0.1) is 0 Å². The third-order valence-corrected chi connectivity index (χ3v) is 2.22. The maximum absolute atomic E-state index is 5.36. The molecule has 1 heteroatoms. The van der Waals surface area contributed by atoms with Gasteiger partial charge in [-0.05, 0) is 31.3 Å². The van der Waals surface area contributed by atoms with Crippen molar-refractivity contribution in [3.8, 4) is 0 Å². The second kappa shape index (κ2) is 1.76. The average molecular weight is 124 g/mol. The van der Waals surface area contributed by atoms with E-state index in [2.05, 4.69) is 6.92 Å². The molecule has 0 aromatic heterocycles. The third-order valence-electron chi connectivity index (χ3n) is 2.22. The maximum Gasteiger partial charge on any atom is 0.155 e. The average Bonchev–Trinajstić information content (AvgIpc) is 2.64. The van der Waals surface area contributed by atoms with E-state index < -0.39 is 0 Å². The minimum atomic E-state index is 0.564. The Kier molecular flexibility index (Phi) is 1.04. The Labute approximate surface area is 55.7 Å². The molecule has 1 saturated heterocycles. The van der Waals surface area contributed by atoms with Crippen LogP contribution in [-0.2, 0) is 4.74 Å². The fourth-order valence-corrected chi connectivity index (χ4v) is 1.60. The molecule has 0 saturated carbocycles. The van der Waals surface area contributed by atoms with E-state index in [1.54, 1.807) is 5.57 Å².